The van der Waals surface area contributed by atoms with Crippen LogP contribution in [0, 0.1) is 0 Å². The van der Waals surface area contributed by atoms with E-state index >= 15 is 0 Å². The number of hydrogen-bond donors (Lipinski definition) is 2. The molecule has 0 aromatic heterocycles. The number of hydrogen-bond acceptors (Lipinski definition) is 5. The van der Waals surface area contributed by atoms with Crippen LogP contribution in [0.3, 0.4) is 0 Å². The SMILES string of the molecule is CNC(=O)c1cc(S(=O)(=O)N2CCCNCC2)ccc1OC.Cl. The van der Waals surface area contributed by atoms with E-state index in [1.165, 1.54) is 36.7 Å². The van der Waals surface area contributed by atoms with Gasteiger partial charge in [-0.15, -0.1) is 12.4 Å². The maximum absolute atomic E-state index is 12.7. The highest BCUT2D eigenvalue weighted by molar-refractivity contribution is 7.89. The molecule has 0 saturated carbocycles. The summed E-state index contributed by atoms with van der Waals surface area (Å²) in [5.41, 5.74) is 0.207. The first kappa shape index (κ1) is 19.7. The van der Waals surface area contributed by atoms with Crippen molar-refractivity contribution in [2.24, 2.45) is 0 Å². The molecule has 0 aliphatic carbocycles. The normalized spacial score (nSPS) is 16.1. The molecule has 1 amide bonds. The quantitative estimate of drug-likeness (QED) is 0.811. The van der Waals surface area contributed by atoms with Gasteiger partial charge >= 0.3 is 0 Å². The molecule has 1 heterocycles. The minimum Gasteiger partial charge on any atom is -0.496 e. The van der Waals surface area contributed by atoms with Crippen molar-refractivity contribution in [3.63, 3.8) is 0 Å². The van der Waals surface area contributed by atoms with Gasteiger partial charge in [0.25, 0.3) is 5.91 Å². The van der Waals surface area contributed by atoms with Crippen LogP contribution >= 0.6 is 12.4 Å². The van der Waals surface area contributed by atoms with Gasteiger partial charge in [-0.05, 0) is 31.2 Å². The molecule has 1 aliphatic rings. The zero-order valence-corrected chi connectivity index (χ0v) is 14.8. The maximum Gasteiger partial charge on any atom is 0.254 e. The molecule has 130 valence electrons. The Kier molecular flexibility index (Phi) is 7.27. The molecule has 0 spiro atoms. The Morgan fingerprint density at radius 1 is 1.30 bits per heavy atom. The van der Waals surface area contributed by atoms with Crippen molar-refractivity contribution in [2.75, 3.05) is 40.3 Å². The fourth-order valence-electron chi connectivity index (χ4n) is 2.37. The predicted octanol–water partition coefficient (Wildman–Crippen LogP) is 0.461. The molecule has 9 heteroatoms. The van der Waals surface area contributed by atoms with Crippen molar-refractivity contribution in [1.29, 1.82) is 0 Å². The van der Waals surface area contributed by atoms with E-state index in [-0.39, 0.29) is 28.8 Å². The molecule has 1 aliphatic heterocycles. The highest BCUT2D eigenvalue weighted by Crippen LogP contribution is 2.24. The summed E-state index contributed by atoms with van der Waals surface area (Å²) in [5.74, 6) is -0.0396. The lowest BCUT2D eigenvalue weighted by atomic mass is 10.2. The van der Waals surface area contributed by atoms with Crippen LogP contribution in [0.2, 0.25) is 0 Å². The van der Waals surface area contributed by atoms with Crippen molar-refractivity contribution < 1.29 is 17.9 Å². The molecule has 0 radical (unpaired) electrons. The van der Waals surface area contributed by atoms with Crippen molar-refractivity contribution >= 4 is 28.3 Å². The van der Waals surface area contributed by atoms with Crippen LogP contribution in [0.15, 0.2) is 23.1 Å². The first-order valence-electron chi connectivity index (χ1n) is 7.11. The van der Waals surface area contributed by atoms with E-state index in [0.29, 0.717) is 25.4 Å². The first-order chi connectivity index (χ1) is 10.5. The number of halogens is 1. The number of methoxy groups -OCH3 is 1. The predicted molar refractivity (Wildman–Crippen MR) is 89.9 cm³/mol. The third-order valence-electron chi connectivity index (χ3n) is 3.58. The highest BCUT2D eigenvalue weighted by atomic mass is 35.5. The van der Waals surface area contributed by atoms with Crippen LogP contribution in [0.1, 0.15) is 16.8 Å². The van der Waals surface area contributed by atoms with Gasteiger partial charge in [-0.2, -0.15) is 4.31 Å². The van der Waals surface area contributed by atoms with Crippen LogP contribution in [-0.4, -0.2) is 59.0 Å². The minimum absolute atomic E-state index is 0. The number of ether oxygens (including phenoxy) is 1. The van der Waals surface area contributed by atoms with E-state index < -0.39 is 10.0 Å². The number of carbonyl (C=O) groups is 1. The Hall–Kier alpha value is -1.35. The van der Waals surface area contributed by atoms with Crippen molar-refractivity contribution in [2.45, 2.75) is 11.3 Å². The molecule has 0 bridgehead atoms. The molecular formula is C14H22ClN3O4S. The standard InChI is InChI=1S/C14H21N3O4S.ClH/c1-15-14(18)12-10-11(4-5-13(12)21-2)22(19,20)17-8-3-6-16-7-9-17;/h4-5,10,16H,3,6-9H2,1-2H3,(H,15,18);1H. The summed E-state index contributed by atoms with van der Waals surface area (Å²) in [6.07, 6.45) is 0.762. The molecule has 2 rings (SSSR count). The maximum atomic E-state index is 12.7. The Bertz CT molecular complexity index is 643. The van der Waals surface area contributed by atoms with E-state index in [4.69, 9.17) is 4.74 Å². The lowest BCUT2D eigenvalue weighted by Gasteiger charge is -2.20. The molecule has 1 fully saturated rings. The fraction of sp³-hybridized carbons (Fsp3) is 0.500. The molecule has 1 saturated heterocycles. The Morgan fingerprint density at radius 2 is 2.04 bits per heavy atom. The molecule has 1 aromatic rings. The first-order valence-corrected chi connectivity index (χ1v) is 8.55. The molecule has 7 nitrogen and oxygen atoms in total. The number of amides is 1. The summed E-state index contributed by atoms with van der Waals surface area (Å²) in [6.45, 7) is 2.32. The second kappa shape index (κ2) is 8.49. The van der Waals surface area contributed by atoms with E-state index in [1.807, 2.05) is 0 Å². The Morgan fingerprint density at radius 3 is 2.70 bits per heavy atom. The molecule has 0 atom stereocenters. The lowest BCUT2D eigenvalue weighted by Crippen LogP contribution is -2.34. The minimum atomic E-state index is -3.62. The number of sulfonamides is 1. The van der Waals surface area contributed by atoms with E-state index in [0.717, 1.165) is 13.0 Å². The van der Waals surface area contributed by atoms with Gasteiger partial charge in [-0.3, -0.25) is 4.79 Å². The van der Waals surface area contributed by atoms with Crippen LogP contribution in [0.4, 0.5) is 0 Å². The number of nitrogens with one attached hydrogen (secondary N) is 2. The second-order valence-corrected chi connectivity index (χ2v) is 6.89. The van der Waals surface area contributed by atoms with Crippen LogP contribution < -0.4 is 15.4 Å². The summed E-state index contributed by atoms with van der Waals surface area (Å²) in [6, 6.07) is 4.35. The van der Waals surface area contributed by atoms with Gasteiger partial charge in [0.15, 0.2) is 0 Å². The number of benzene rings is 1. The topological polar surface area (TPSA) is 87.7 Å². The summed E-state index contributed by atoms with van der Waals surface area (Å²) in [5, 5.41) is 5.65. The van der Waals surface area contributed by atoms with E-state index in [1.54, 1.807) is 0 Å². The largest absolute Gasteiger partial charge is 0.496 e. The molecule has 2 N–H and O–H groups in total. The summed E-state index contributed by atoms with van der Waals surface area (Å²) in [4.78, 5) is 12.0. The van der Waals surface area contributed by atoms with Crippen LogP contribution in [0.5, 0.6) is 5.75 Å². The average molecular weight is 364 g/mol. The van der Waals surface area contributed by atoms with Gasteiger partial charge in [0.05, 0.1) is 17.6 Å². The van der Waals surface area contributed by atoms with Crippen molar-refractivity contribution in [1.82, 2.24) is 14.9 Å². The van der Waals surface area contributed by atoms with Gasteiger partial charge in [0.2, 0.25) is 10.0 Å². The monoisotopic (exact) mass is 363 g/mol. The van der Waals surface area contributed by atoms with Crippen molar-refractivity contribution in [3.05, 3.63) is 23.8 Å². The number of nitrogens with zero attached hydrogens (tertiary/aromatic N) is 1. The summed E-state index contributed by atoms with van der Waals surface area (Å²) < 4.78 is 32.0. The zero-order valence-electron chi connectivity index (χ0n) is 13.2. The summed E-state index contributed by atoms with van der Waals surface area (Å²) >= 11 is 0. The third kappa shape index (κ3) is 4.35. The van der Waals surface area contributed by atoms with Gasteiger partial charge in [-0.1, -0.05) is 0 Å². The third-order valence-corrected chi connectivity index (χ3v) is 5.47. The van der Waals surface area contributed by atoms with Crippen molar-refractivity contribution in [3.8, 4) is 5.75 Å². The second-order valence-electron chi connectivity index (χ2n) is 4.95. The average Bonchev–Trinajstić information content (AvgIpc) is 2.83. The Labute approximate surface area is 142 Å². The van der Waals surface area contributed by atoms with Gasteiger partial charge in [0, 0.05) is 26.7 Å². The van der Waals surface area contributed by atoms with Crippen LogP contribution in [-0.2, 0) is 10.0 Å². The van der Waals surface area contributed by atoms with E-state index in [2.05, 4.69) is 10.6 Å². The molecule has 0 unspecified atom stereocenters. The highest BCUT2D eigenvalue weighted by Gasteiger charge is 2.26. The molecule has 23 heavy (non-hydrogen) atoms. The van der Waals surface area contributed by atoms with Gasteiger partial charge < -0.3 is 15.4 Å². The van der Waals surface area contributed by atoms with Crippen LogP contribution in [0.25, 0.3) is 0 Å². The fourth-order valence-corrected chi connectivity index (χ4v) is 3.88. The van der Waals surface area contributed by atoms with Gasteiger partial charge in [0.1, 0.15) is 5.75 Å². The molecule has 1 aromatic carbocycles. The summed E-state index contributed by atoms with van der Waals surface area (Å²) in [7, 11) is -0.686. The zero-order chi connectivity index (χ0) is 16.2. The number of rotatable bonds is 4. The van der Waals surface area contributed by atoms with E-state index in [9.17, 15) is 13.2 Å². The van der Waals surface area contributed by atoms with Gasteiger partial charge in [-0.25, -0.2) is 8.42 Å². The number of carbonyl (C=O) groups excluding carboxylic acids is 1. The molecular weight excluding hydrogens is 342 g/mol. The smallest absolute Gasteiger partial charge is 0.254 e. The lowest BCUT2D eigenvalue weighted by molar-refractivity contribution is 0.0960. The Balaban J connectivity index is 0.00000264.